The predicted octanol–water partition coefficient (Wildman–Crippen LogP) is 16.1. The molecule has 0 saturated heterocycles. The number of amidine groups is 2. The van der Waals surface area contributed by atoms with Gasteiger partial charge in [-0.05, 0) is 92.2 Å². The molecule has 9 aromatic carbocycles. The van der Waals surface area contributed by atoms with E-state index >= 15 is 0 Å². The van der Waals surface area contributed by atoms with Crippen LogP contribution >= 0.6 is 11.3 Å². The molecule has 0 radical (unpaired) electrons. The highest BCUT2D eigenvalue weighted by molar-refractivity contribution is 7.13. The molecule has 3 heterocycles. The normalized spacial score (nSPS) is 14.4. The van der Waals surface area contributed by atoms with Gasteiger partial charge in [-0.3, -0.25) is 5.41 Å². The molecule has 11 aromatic rings. The maximum atomic E-state index is 8.85. The highest BCUT2D eigenvalue weighted by Gasteiger charge is 2.51. The van der Waals surface area contributed by atoms with Gasteiger partial charge in [0.25, 0.3) is 0 Å². The molecule has 77 heavy (non-hydrogen) atoms. The lowest BCUT2D eigenvalue weighted by Crippen LogP contribution is -2.33. The Bertz CT molecular complexity index is 4000. The van der Waals surface area contributed by atoms with Crippen molar-refractivity contribution in [2.24, 2.45) is 16.5 Å². The fraction of sp³-hybridized carbons (Fsp3) is 0.114. The van der Waals surface area contributed by atoms with E-state index < -0.39 is 5.41 Å². The number of aromatic nitrogens is 1. The van der Waals surface area contributed by atoms with Gasteiger partial charge < -0.3 is 21.4 Å². The van der Waals surface area contributed by atoms with Crippen molar-refractivity contribution in [2.75, 3.05) is 0 Å². The van der Waals surface area contributed by atoms with Gasteiger partial charge in [0.1, 0.15) is 11.7 Å². The Morgan fingerprint density at radius 2 is 1.23 bits per heavy atom. The molecule has 0 amide bonds. The van der Waals surface area contributed by atoms with Crippen LogP contribution in [0.3, 0.4) is 0 Å². The Morgan fingerprint density at radius 1 is 0.610 bits per heavy atom. The smallest absolute Gasteiger partial charge is 0.131 e. The molecular weight excluding hydrogens is 957 g/mol. The Kier molecular flexibility index (Phi) is 13.4. The second-order valence-corrected chi connectivity index (χ2v) is 20.9. The molecule has 6 N–H and O–H groups in total. The van der Waals surface area contributed by atoms with Crippen molar-refractivity contribution in [3.8, 4) is 27.9 Å². The van der Waals surface area contributed by atoms with Crippen molar-refractivity contribution >= 4 is 56.6 Å². The van der Waals surface area contributed by atoms with E-state index in [4.69, 9.17) is 21.9 Å². The summed E-state index contributed by atoms with van der Waals surface area (Å²) in [6.45, 7) is 5.85. The zero-order chi connectivity index (χ0) is 52.5. The topological polar surface area (TPSA) is 105 Å². The number of nitrogens with zero attached hydrogens (tertiary/aromatic N) is 2. The Labute approximate surface area is 455 Å². The highest BCUT2D eigenvalue weighted by atomic mass is 32.1. The number of hydrogen-bond acceptors (Lipinski definition) is 4. The lowest BCUT2D eigenvalue weighted by atomic mass is 9.65. The van der Waals surface area contributed by atoms with Gasteiger partial charge in [-0.25, -0.2) is 4.99 Å². The van der Waals surface area contributed by atoms with Gasteiger partial charge in [-0.15, -0.1) is 11.3 Å². The molecule has 0 bridgehead atoms. The first-order chi connectivity index (χ1) is 38.0. The summed E-state index contributed by atoms with van der Waals surface area (Å²) < 4.78 is 2.44. The monoisotopic (exact) mass is 1020 g/mol. The van der Waals surface area contributed by atoms with Crippen molar-refractivity contribution in [1.29, 1.82) is 5.41 Å². The van der Waals surface area contributed by atoms with E-state index in [1.165, 1.54) is 76.1 Å². The van der Waals surface area contributed by atoms with Gasteiger partial charge in [0.15, 0.2) is 0 Å². The number of thiophene rings is 1. The molecular formula is C70H60N6S. The van der Waals surface area contributed by atoms with Crippen LogP contribution in [0.15, 0.2) is 229 Å². The number of nitrogen functional groups attached to an aromatic ring is 1. The zero-order valence-corrected chi connectivity index (χ0v) is 44.2. The highest BCUT2D eigenvalue weighted by Crippen LogP contribution is 2.61. The number of nitrogens with one attached hydrogen (secondary N) is 2. The lowest BCUT2D eigenvalue weighted by Gasteiger charge is -2.39. The van der Waals surface area contributed by atoms with E-state index in [2.05, 4.69) is 222 Å². The first-order valence-electron chi connectivity index (χ1n) is 26.8. The van der Waals surface area contributed by atoms with Crippen LogP contribution in [0.5, 0.6) is 0 Å². The molecule has 14 rings (SSSR count). The summed E-state index contributed by atoms with van der Waals surface area (Å²) in [6.07, 6.45) is 7.28. The van der Waals surface area contributed by atoms with Gasteiger partial charge in [0.2, 0.25) is 0 Å². The summed E-state index contributed by atoms with van der Waals surface area (Å²) >= 11 is 1.86. The summed E-state index contributed by atoms with van der Waals surface area (Å²) in [5.41, 5.74) is 33.2. The summed E-state index contributed by atoms with van der Waals surface area (Å²) in [6, 6.07) is 77.4. The van der Waals surface area contributed by atoms with Gasteiger partial charge in [-0.2, -0.15) is 0 Å². The summed E-state index contributed by atoms with van der Waals surface area (Å²) in [4.78, 5) is 7.89. The number of allylic oxidation sites excluding steroid dienone is 1. The average Bonchev–Trinajstić information content (AvgIpc) is 4.30. The summed E-state index contributed by atoms with van der Waals surface area (Å²) in [7, 11) is 0. The second kappa shape index (κ2) is 21.0. The number of fused-ring (bicyclic) bond motifs is 13. The first-order valence-corrected chi connectivity index (χ1v) is 27.6. The van der Waals surface area contributed by atoms with Crippen LogP contribution in [0.4, 0.5) is 5.69 Å². The van der Waals surface area contributed by atoms with Crippen LogP contribution < -0.4 is 16.8 Å². The standard InChI is InChI=1S/C54H39N5S.C14H15N.C2H6/c55-52(56)39-17-11-19-43-49(39)40-31-35(53(57)58-50-38-15-5-9-23-47(38)60-48(50)30-32-24-26-34(27-25-32)33-12-2-1-3-13-33)28-29-41(40)54(43)42-18-6-8-22-46(42)59-45-21-7-4-14-36(45)37-16-10-20-44(54)51(37)59;1-3-7-13(8-4-1)11-15-12-14-9-5-2-6-10-14;1-2/h1-8,10-22,24-29,31H,9,23,30H2,(H3,55,56)(H2,57,58);1-10,15H,11-12H2;1-2H3. The quantitative estimate of drug-likeness (QED) is 0.0810. The van der Waals surface area contributed by atoms with Crippen LogP contribution in [0.2, 0.25) is 0 Å². The number of para-hydroxylation sites is 3. The Balaban J connectivity index is 0.000000301. The van der Waals surface area contributed by atoms with Crippen molar-refractivity contribution in [1.82, 2.24) is 9.88 Å². The van der Waals surface area contributed by atoms with E-state index in [1.54, 1.807) is 0 Å². The fourth-order valence-corrected chi connectivity index (χ4v) is 13.2. The van der Waals surface area contributed by atoms with Crippen molar-refractivity contribution in [3.05, 3.63) is 290 Å². The SMILES string of the molecule is CC.N=C(N)c1cccc2c1-c1cc(C(N)=Nc3c(Cc4ccc(-c5ccccc5)cc4)sc4c3C=CCC4)ccc1C21c2ccccc2-n2c3ccccc3c3cccc1c32.c1ccc(CNCc2ccccc2)cc1. The largest absolute Gasteiger partial charge is 0.384 e. The molecule has 2 aliphatic carbocycles. The van der Waals surface area contributed by atoms with Crippen LogP contribution in [-0.4, -0.2) is 16.2 Å². The fourth-order valence-electron chi connectivity index (χ4n) is 12.0. The van der Waals surface area contributed by atoms with Crippen molar-refractivity contribution < 1.29 is 0 Å². The summed E-state index contributed by atoms with van der Waals surface area (Å²) in [5, 5.41) is 14.7. The van der Waals surface area contributed by atoms with Crippen LogP contribution in [-0.2, 0) is 31.3 Å². The van der Waals surface area contributed by atoms with E-state index in [1.807, 2.05) is 43.4 Å². The molecule has 1 unspecified atom stereocenters. The third-order valence-electron chi connectivity index (χ3n) is 15.3. The molecule has 7 heteroatoms. The molecule has 6 nitrogen and oxygen atoms in total. The molecule has 1 spiro atoms. The minimum Gasteiger partial charge on any atom is -0.384 e. The van der Waals surface area contributed by atoms with Crippen LogP contribution in [0.25, 0.3) is 55.8 Å². The maximum absolute atomic E-state index is 8.85. The van der Waals surface area contributed by atoms with Gasteiger partial charge in [0.05, 0.1) is 27.8 Å². The predicted molar refractivity (Wildman–Crippen MR) is 324 cm³/mol. The second-order valence-electron chi connectivity index (χ2n) is 19.7. The summed E-state index contributed by atoms with van der Waals surface area (Å²) in [5.74, 6) is 0.503. The van der Waals surface area contributed by atoms with Crippen LogP contribution in [0, 0.1) is 5.41 Å². The van der Waals surface area contributed by atoms with Crippen molar-refractivity contribution in [2.45, 2.75) is 51.6 Å². The Morgan fingerprint density at radius 3 is 1.97 bits per heavy atom. The van der Waals surface area contributed by atoms with Gasteiger partial charge >= 0.3 is 0 Å². The molecule has 0 saturated carbocycles. The number of benzene rings is 9. The van der Waals surface area contributed by atoms with Gasteiger partial charge in [-0.1, -0.05) is 226 Å². The number of hydrogen-bond donors (Lipinski definition) is 4. The van der Waals surface area contributed by atoms with Gasteiger partial charge in [0, 0.05) is 56.7 Å². The number of aliphatic imine (C=N–C) groups is 1. The average molecular weight is 1020 g/mol. The maximum Gasteiger partial charge on any atom is 0.131 e. The number of rotatable bonds is 10. The van der Waals surface area contributed by atoms with Crippen LogP contribution in [0.1, 0.15) is 85.7 Å². The lowest BCUT2D eigenvalue weighted by molar-refractivity contribution is 0.693. The minimum absolute atomic E-state index is 0.0384. The third-order valence-corrected chi connectivity index (χ3v) is 16.5. The first kappa shape index (κ1) is 49.0. The van der Waals surface area contributed by atoms with E-state index in [0.717, 1.165) is 71.5 Å². The Hall–Kier alpha value is -8.88. The van der Waals surface area contributed by atoms with E-state index in [0.29, 0.717) is 11.4 Å². The van der Waals surface area contributed by atoms with E-state index in [-0.39, 0.29) is 5.84 Å². The molecule has 2 aromatic heterocycles. The van der Waals surface area contributed by atoms with E-state index in [9.17, 15) is 0 Å². The molecule has 376 valence electrons. The molecule has 1 aliphatic heterocycles. The number of aryl methyl sites for hydroxylation is 1. The zero-order valence-electron chi connectivity index (χ0n) is 43.4. The molecule has 1 atom stereocenters. The van der Waals surface area contributed by atoms with Crippen molar-refractivity contribution in [3.63, 3.8) is 0 Å². The number of nitrogens with two attached hydrogens (primary N) is 2. The minimum atomic E-state index is -0.665. The third kappa shape index (κ3) is 8.68. The molecule has 0 fully saturated rings. The molecule has 3 aliphatic rings.